The van der Waals surface area contributed by atoms with E-state index in [1.54, 1.807) is 0 Å². The zero-order valence-electron chi connectivity index (χ0n) is 15.8. The molecule has 0 radical (unpaired) electrons. The van der Waals surface area contributed by atoms with Gasteiger partial charge in [-0.1, -0.05) is 23.4 Å². The summed E-state index contributed by atoms with van der Waals surface area (Å²) in [6.45, 7) is -0.0166. The molecule has 1 N–H and O–H groups in total. The molecule has 2 aromatic rings. The summed E-state index contributed by atoms with van der Waals surface area (Å²) in [5.41, 5.74) is -3.10. The Balaban J connectivity index is 1.88. The van der Waals surface area contributed by atoms with Crippen molar-refractivity contribution < 1.29 is 18.0 Å². The average Bonchev–Trinajstić information content (AvgIpc) is 3.49. The highest BCUT2D eigenvalue weighted by molar-refractivity contribution is 6.31. The predicted octanol–water partition coefficient (Wildman–Crippen LogP) is 3.59. The van der Waals surface area contributed by atoms with E-state index < -0.39 is 17.7 Å². The summed E-state index contributed by atoms with van der Waals surface area (Å²) in [5.74, 6) is 4.90. The highest BCUT2D eigenvalue weighted by atomic mass is 35.5. The van der Waals surface area contributed by atoms with Gasteiger partial charge in [-0.05, 0) is 30.5 Å². The number of carbonyl (C=O) groups excluding carboxylic acids is 1. The Morgan fingerprint density at radius 1 is 1.33 bits per heavy atom. The largest absolute Gasteiger partial charge is 0.427 e. The number of alkyl halides is 3. The normalized spacial score (nSPS) is 20.8. The van der Waals surface area contributed by atoms with E-state index in [0.717, 1.165) is 19.9 Å². The van der Waals surface area contributed by atoms with Gasteiger partial charge in [-0.25, -0.2) is 9.78 Å². The second-order valence-corrected chi connectivity index (χ2v) is 7.68. The topological polar surface area (TPSA) is 67.2 Å². The third-order valence-electron chi connectivity index (χ3n) is 5.20. The number of amides is 2. The van der Waals surface area contributed by atoms with Gasteiger partial charge in [-0.2, -0.15) is 13.2 Å². The van der Waals surface area contributed by atoms with Crippen LogP contribution in [0.4, 0.5) is 23.7 Å². The number of anilines is 1. The molecule has 156 valence electrons. The van der Waals surface area contributed by atoms with E-state index in [9.17, 15) is 22.8 Å². The van der Waals surface area contributed by atoms with Gasteiger partial charge >= 0.3 is 12.2 Å². The lowest BCUT2D eigenvalue weighted by atomic mass is 9.84. The summed E-state index contributed by atoms with van der Waals surface area (Å²) in [6, 6.07) is 2.84. The molecule has 2 amide bonds. The number of nitrogens with one attached hydrogen (secondary N) is 1. The van der Waals surface area contributed by atoms with Crippen LogP contribution in [0.1, 0.15) is 24.0 Å². The number of hydrogen-bond acceptors (Lipinski definition) is 3. The molecule has 1 aromatic heterocycles. The maximum absolute atomic E-state index is 14.4. The van der Waals surface area contributed by atoms with E-state index >= 15 is 0 Å². The molecule has 2 aliphatic rings. The molecule has 6 nitrogen and oxygen atoms in total. The van der Waals surface area contributed by atoms with Crippen LogP contribution >= 0.6 is 11.6 Å². The molecule has 4 rings (SSSR count). The number of nitrogens with zero attached hydrogens (tertiary/aromatic N) is 3. The van der Waals surface area contributed by atoms with Crippen LogP contribution in [0.2, 0.25) is 5.02 Å². The summed E-state index contributed by atoms with van der Waals surface area (Å²) < 4.78 is 44.4. The fraction of sp³-hybridized carbons (Fsp3) is 0.350. The van der Waals surface area contributed by atoms with Crippen LogP contribution in [0.3, 0.4) is 0 Å². The number of rotatable bonds is 2. The summed E-state index contributed by atoms with van der Waals surface area (Å²) in [4.78, 5) is 28.8. The molecule has 0 spiro atoms. The zero-order valence-corrected chi connectivity index (χ0v) is 16.5. The van der Waals surface area contributed by atoms with Crippen molar-refractivity contribution in [3.8, 4) is 11.8 Å². The highest BCUT2D eigenvalue weighted by Crippen LogP contribution is 2.49. The molecule has 10 heteroatoms. The number of hydrogen-bond donors (Lipinski definition) is 1. The van der Waals surface area contributed by atoms with Crippen LogP contribution in [0.5, 0.6) is 0 Å². The second kappa shape index (κ2) is 7.06. The van der Waals surface area contributed by atoms with E-state index in [2.05, 4.69) is 22.1 Å². The van der Waals surface area contributed by atoms with Crippen molar-refractivity contribution in [1.29, 1.82) is 0 Å². The molecule has 0 saturated heterocycles. The molecule has 2 heterocycles. The molecule has 0 unspecified atom stereocenters. The fourth-order valence-electron chi connectivity index (χ4n) is 3.35. The van der Waals surface area contributed by atoms with Gasteiger partial charge in [0.15, 0.2) is 0 Å². The van der Waals surface area contributed by atoms with Crippen LogP contribution < -0.4 is 10.9 Å². The van der Waals surface area contributed by atoms with Crippen LogP contribution in [0.15, 0.2) is 35.5 Å². The molecule has 1 fully saturated rings. The first-order chi connectivity index (χ1) is 14.1. The van der Waals surface area contributed by atoms with Crippen molar-refractivity contribution in [2.75, 3.05) is 12.4 Å². The standard InChI is InChI=1S/C20H16ClF3N4O2/c1-27-18(30)26-16-8-13(10-28-11-25-7-5-17(28)29)15(21)9-14(16)19(27,20(22,23)24)6-4-12-2-3-12/h5,7-9,11-12H,2-3,10H2,1H3,(H,26,30)/t19-/m0/s1. The van der Waals surface area contributed by atoms with Gasteiger partial charge in [0.1, 0.15) is 0 Å². The summed E-state index contributed by atoms with van der Waals surface area (Å²) >= 11 is 6.32. The van der Waals surface area contributed by atoms with Gasteiger partial charge in [0, 0.05) is 41.5 Å². The van der Waals surface area contributed by atoms with Gasteiger partial charge in [-0.15, -0.1) is 0 Å². The summed E-state index contributed by atoms with van der Waals surface area (Å²) in [6.07, 6.45) is -0.751. The molecule has 1 aliphatic heterocycles. The first kappa shape index (κ1) is 20.3. The van der Waals surface area contributed by atoms with E-state index in [0.29, 0.717) is 10.5 Å². The Morgan fingerprint density at radius 2 is 2.07 bits per heavy atom. The quantitative estimate of drug-likeness (QED) is 0.731. The minimum atomic E-state index is -4.86. The Morgan fingerprint density at radius 3 is 2.70 bits per heavy atom. The molecular weight excluding hydrogens is 421 g/mol. The first-order valence-electron chi connectivity index (χ1n) is 9.11. The maximum Gasteiger partial charge on any atom is 0.427 e. The van der Waals surface area contributed by atoms with E-state index in [1.165, 1.54) is 35.3 Å². The zero-order chi connectivity index (χ0) is 21.7. The number of urea groups is 1. The van der Waals surface area contributed by atoms with Crippen molar-refractivity contribution >= 4 is 23.3 Å². The lowest BCUT2D eigenvalue weighted by Gasteiger charge is -2.43. The Hall–Kier alpha value is -2.99. The molecule has 1 aromatic carbocycles. The van der Waals surface area contributed by atoms with Crippen LogP contribution in [-0.2, 0) is 12.1 Å². The Labute approximate surface area is 174 Å². The van der Waals surface area contributed by atoms with Crippen molar-refractivity contribution in [1.82, 2.24) is 14.5 Å². The van der Waals surface area contributed by atoms with Crippen LogP contribution in [-0.4, -0.2) is 33.7 Å². The van der Waals surface area contributed by atoms with E-state index in [1.807, 2.05) is 0 Å². The smallest absolute Gasteiger partial charge is 0.307 e. The van der Waals surface area contributed by atoms with Crippen LogP contribution in [0, 0.1) is 17.8 Å². The van der Waals surface area contributed by atoms with Crippen molar-refractivity contribution in [3.05, 3.63) is 57.2 Å². The molecular formula is C20H16ClF3N4O2. The summed E-state index contributed by atoms with van der Waals surface area (Å²) in [5, 5.41) is 2.49. The van der Waals surface area contributed by atoms with Crippen LogP contribution in [0.25, 0.3) is 0 Å². The molecule has 0 bridgehead atoms. The van der Waals surface area contributed by atoms with Gasteiger partial charge in [0.2, 0.25) is 5.54 Å². The molecule has 1 saturated carbocycles. The van der Waals surface area contributed by atoms with Gasteiger partial charge in [-0.3, -0.25) is 14.3 Å². The number of fused-ring (bicyclic) bond motifs is 1. The molecule has 30 heavy (non-hydrogen) atoms. The Bertz CT molecular complexity index is 1150. The van der Waals surface area contributed by atoms with Crippen molar-refractivity contribution in [3.63, 3.8) is 0 Å². The molecule has 1 atom stereocenters. The predicted molar refractivity (Wildman–Crippen MR) is 104 cm³/mol. The van der Waals surface area contributed by atoms with Gasteiger partial charge in [0.25, 0.3) is 5.56 Å². The Kier molecular flexibility index (Phi) is 4.77. The average molecular weight is 437 g/mol. The number of aromatic nitrogens is 2. The third kappa shape index (κ3) is 3.31. The highest BCUT2D eigenvalue weighted by Gasteiger charge is 2.62. The lowest BCUT2D eigenvalue weighted by Crippen LogP contribution is -2.59. The molecule has 1 aliphatic carbocycles. The van der Waals surface area contributed by atoms with Gasteiger partial charge < -0.3 is 5.32 Å². The van der Waals surface area contributed by atoms with Crippen molar-refractivity contribution in [2.45, 2.75) is 31.1 Å². The van der Waals surface area contributed by atoms with Crippen molar-refractivity contribution in [2.24, 2.45) is 5.92 Å². The first-order valence-corrected chi connectivity index (χ1v) is 9.49. The SMILES string of the molecule is CN1C(=O)Nc2cc(Cn3cnccc3=O)c(Cl)cc2[C@@]1(C#CC1CC1)C(F)(F)F. The maximum atomic E-state index is 14.4. The van der Waals surface area contributed by atoms with E-state index in [4.69, 9.17) is 11.6 Å². The second-order valence-electron chi connectivity index (χ2n) is 7.28. The number of carbonyl (C=O) groups is 1. The monoisotopic (exact) mass is 436 g/mol. The van der Waals surface area contributed by atoms with Gasteiger partial charge in [0.05, 0.1) is 12.9 Å². The number of benzene rings is 1. The minimum absolute atomic E-state index is 0.0166. The third-order valence-corrected chi connectivity index (χ3v) is 5.56. The minimum Gasteiger partial charge on any atom is -0.307 e. The fourth-order valence-corrected chi connectivity index (χ4v) is 3.58. The number of halogens is 4. The van der Waals surface area contributed by atoms with E-state index in [-0.39, 0.29) is 34.3 Å². The summed E-state index contributed by atoms with van der Waals surface area (Å²) in [7, 11) is 1.06. The lowest BCUT2D eigenvalue weighted by molar-refractivity contribution is -0.203.